The lowest BCUT2D eigenvalue weighted by atomic mass is 10.2. The minimum atomic E-state index is -0.697. The molecule has 2 aromatic carbocycles. The van der Waals surface area contributed by atoms with Crippen LogP contribution in [0.3, 0.4) is 0 Å². The van der Waals surface area contributed by atoms with Gasteiger partial charge in [0.25, 0.3) is 5.56 Å². The predicted octanol–water partition coefficient (Wildman–Crippen LogP) is 0.740. The maximum absolute atomic E-state index is 13.7. The number of carbonyl (C=O) groups excluding carboxylic acids is 1. The van der Waals surface area contributed by atoms with Gasteiger partial charge in [0.05, 0.1) is 29.8 Å². The number of rotatable bonds is 6. The van der Waals surface area contributed by atoms with Crippen LogP contribution in [-0.4, -0.2) is 59.3 Å². The normalized spacial score (nSPS) is 14.6. The number of carbonyl (C=O) groups is 1. The summed E-state index contributed by atoms with van der Waals surface area (Å²) in [5.41, 5.74) is -0.788. The van der Waals surface area contributed by atoms with E-state index in [1.165, 1.54) is 22.8 Å². The van der Waals surface area contributed by atoms with E-state index in [-0.39, 0.29) is 23.5 Å². The molecule has 1 amide bonds. The Kier molecular flexibility index (Phi) is 6.24. The first-order valence-corrected chi connectivity index (χ1v) is 10.1. The maximum atomic E-state index is 13.7. The van der Waals surface area contributed by atoms with Gasteiger partial charge in [-0.3, -0.25) is 19.1 Å². The Balaban J connectivity index is 1.63. The van der Waals surface area contributed by atoms with Gasteiger partial charge in [-0.1, -0.05) is 18.2 Å². The van der Waals surface area contributed by atoms with Gasteiger partial charge >= 0.3 is 5.69 Å². The van der Waals surface area contributed by atoms with Crippen LogP contribution in [0.15, 0.2) is 58.1 Å². The number of amides is 1. The summed E-state index contributed by atoms with van der Waals surface area (Å²) in [5.74, 6) is -0.908. The average Bonchev–Trinajstić information content (AvgIpc) is 2.78. The molecule has 8 nitrogen and oxygen atoms in total. The van der Waals surface area contributed by atoms with Crippen molar-refractivity contribution in [1.82, 2.24) is 19.4 Å². The van der Waals surface area contributed by atoms with Crippen molar-refractivity contribution >= 4 is 16.8 Å². The third-order valence-electron chi connectivity index (χ3n) is 5.27. The van der Waals surface area contributed by atoms with Gasteiger partial charge in [0.1, 0.15) is 12.4 Å². The molecule has 0 unspecified atom stereocenters. The Morgan fingerprint density at radius 3 is 2.61 bits per heavy atom. The minimum Gasteiger partial charge on any atom is -0.379 e. The molecule has 1 fully saturated rings. The number of nitrogens with zero attached hydrogens (tertiary/aromatic N) is 3. The Hall–Kier alpha value is -3.30. The van der Waals surface area contributed by atoms with E-state index in [1.54, 1.807) is 24.3 Å². The van der Waals surface area contributed by atoms with Crippen LogP contribution in [0.5, 0.6) is 0 Å². The van der Waals surface area contributed by atoms with Gasteiger partial charge in [-0.05, 0) is 30.3 Å². The van der Waals surface area contributed by atoms with Crippen molar-refractivity contribution in [1.29, 1.82) is 0 Å². The quantitative estimate of drug-likeness (QED) is 0.629. The fourth-order valence-electron chi connectivity index (χ4n) is 3.69. The monoisotopic (exact) mass is 426 g/mol. The van der Waals surface area contributed by atoms with Crippen molar-refractivity contribution in [2.45, 2.75) is 6.54 Å². The summed E-state index contributed by atoms with van der Waals surface area (Å²) in [6.45, 7) is 3.87. The smallest absolute Gasteiger partial charge is 0.336 e. The summed E-state index contributed by atoms with van der Waals surface area (Å²) in [7, 11) is 0. The highest BCUT2D eigenvalue weighted by Gasteiger charge is 2.17. The maximum Gasteiger partial charge on any atom is 0.336 e. The fraction of sp³-hybridized carbons (Fsp3) is 0.318. The van der Waals surface area contributed by atoms with E-state index in [2.05, 4.69) is 10.2 Å². The highest BCUT2D eigenvalue weighted by Crippen LogP contribution is 2.11. The molecule has 162 valence electrons. The van der Waals surface area contributed by atoms with Gasteiger partial charge in [0, 0.05) is 26.2 Å². The van der Waals surface area contributed by atoms with Crippen molar-refractivity contribution in [3.63, 3.8) is 0 Å². The summed E-state index contributed by atoms with van der Waals surface area (Å²) in [5, 5.41) is 3.10. The Morgan fingerprint density at radius 1 is 1.06 bits per heavy atom. The summed E-state index contributed by atoms with van der Waals surface area (Å²) < 4.78 is 21.2. The lowest BCUT2D eigenvalue weighted by Gasteiger charge is -2.26. The molecule has 1 aromatic heterocycles. The van der Waals surface area contributed by atoms with E-state index < -0.39 is 17.1 Å². The molecule has 1 saturated heterocycles. The molecule has 1 aliphatic heterocycles. The zero-order valence-corrected chi connectivity index (χ0v) is 16.9. The van der Waals surface area contributed by atoms with Crippen LogP contribution in [-0.2, 0) is 16.1 Å². The first-order valence-electron chi connectivity index (χ1n) is 10.1. The lowest BCUT2D eigenvalue weighted by molar-refractivity contribution is -0.121. The highest BCUT2D eigenvalue weighted by atomic mass is 19.1. The molecule has 1 N–H and O–H groups in total. The van der Waals surface area contributed by atoms with Gasteiger partial charge in [-0.25, -0.2) is 13.8 Å². The van der Waals surface area contributed by atoms with Crippen LogP contribution in [0.4, 0.5) is 4.39 Å². The summed E-state index contributed by atoms with van der Waals surface area (Å²) in [6, 6.07) is 11.8. The van der Waals surface area contributed by atoms with E-state index in [0.717, 1.165) is 23.7 Å². The van der Waals surface area contributed by atoms with Crippen LogP contribution < -0.4 is 16.6 Å². The van der Waals surface area contributed by atoms with Gasteiger partial charge in [-0.2, -0.15) is 0 Å². The van der Waals surface area contributed by atoms with E-state index in [4.69, 9.17) is 4.74 Å². The number of fused-ring (bicyclic) bond motifs is 1. The van der Waals surface area contributed by atoms with E-state index in [9.17, 15) is 18.8 Å². The summed E-state index contributed by atoms with van der Waals surface area (Å²) in [4.78, 5) is 40.9. The highest BCUT2D eigenvalue weighted by molar-refractivity contribution is 5.81. The first kappa shape index (κ1) is 21.0. The van der Waals surface area contributed by atoms with Crippen LogP contribution in [0.2, 0.25) is 0 Å². The van der Waals surface area contributed by atoms with Crippen molar-refractivity contribution < 1.29 is 13.9 Å². The van der Waals surface area contributed by atoms with Crippen molar-refractivity contribution in [3.8, 4) is 5.69 Å². The van der Waals surface area contributed by atoms with Gasteiger partial charge < -0.3 is 10.1 Å². The molecule has 0 saturated carbocycles. The number of morpholine rings is 1. The molecule has 9 heteroatoms. The third kappa shape index (κ3) is 4.57. The lowest BCUT2D eigenvalue weighted by Crippen LogP contribution is -2.44. The van der Waals surface area contributed by atoms with Crippen LogP contribution in [0, 0.1) is 5.82 Å². The summed E-state index contributed by atoms with van der Waals surface area (Å²) in [6.07, 6.45) is 0. The van der Waals surface area contributed by atoms with Crippen molar-refractivity contribution in [3.05, 3.63) is 75.2 Å². The first-order chi connectivity index (χ1) is 15.0. The Labute approximate surface area is 177 Å². The van der Waals surface area contributed by atoms with Gasteiger partial charge in [0.15, 0.2) is 0 Å². The van der Waals surface area contributed by atoms with Crippen LogP contribution in [0.1, 0.15) is 0 Å². The standard InChI is InChI=1S/C22H23FN4O4/c23-16-4-3-5-17(14-16)27-21(29)18-6-1-2-7-19(18)26(22(27)30)15-20(28)24-8-9-25-10-12-31-13-11-25/h1-7,14H,8-13,15H2,(H,24,28). The summed E-state index contributed by atoms with van der Waals surface area (Å²) >= 11 is 0. The number of para-hydroxylation sites is 1. The molecule has 31 heavy (non-hydrogen) atoms. The Morgan fingerprint density at radius 2 is 1.84 bits per heavy atom. The fourth-order valence-corrected chi connectivity index (χ4v) is 3.69. The topological polar surface area (TPSA) is 85.6 Å². The molecule has 0 spiro atoms. The second kappa shape index (κ2) is 9.23. The molecule has 3 aromatic rings. The average molecular weight is 426 g/mol. The number of ether oxygens (including phenoxy) is 1. The molecule has 0 atom stereocenters. The van der Waals surface area contributed by atoms with Crippen molar-refractivity contribution in [2.75, 3.05) is 39.4 Å². The van der Waals surface area contributed by atoms with E-state index in [0.29, 0.717) is 31.8 Å². The van der Waals surface area contributed by atoms with E-state index in [1.807, 2.05) is 0 Å². The second-order valence-electron chi connectivity index (χ2n) is 7.31. The van der Waals surface area contributed by atoms with E-state index >= 15 is 0 Å². The zero-order chi connectivity index (χ0) is 21.8. The molecule has 0 bridgehead atoms. The molecular formula is C22H23FN4O4. The molecule has 1 aliphatic rings. The van der Waals surface area contributed by atoms with Gasteiger partial charge in [0.2, 0.25) is 5.91 Å². The molecule has 4 rings (SSSR count). The Bertz CT molecular complexity index is 1210. The second-order valence-corrected chi connectivity index (χ2v) is 7.31. The number of benzene rings is 2. The van der Waals surface area contributed by atoms with Gasteiger partial charge in [-0.15, -0.1) is 0 Å². The minimum absolute atomic E-state index is 0.113. The predicted molar refractivity (Wildman–Crippen MR) is 114 cm³/mol. The number of hydrogen-bond donors (Lipinski definition) is 1. The molecule has 0 aliphatic carbocycles. The SMILES string of the molecule is O=C(Cn1c(=O)n(-c2cccc(F)c2)c(=O)c2ccccc21)NCCN1CCOCC1. The number of halogens is 1. The largest absolute Gasteiger partial charge is 0.379 e. The van der Waals surface area contributed by atoms with Crippen LogP contribution in [0.25, 0.3) is 16.6 Å². The van der Waals surface area contributed by atoms with Crippen LogP contribution >= 0.6 is 0 Å². The third-order valence-corrected chi connectivity index (χ3v) is 5.27. The number of aromatic nitrogens is 2. The van der Waals surface area contributed by atoms with Crippen molar-refractivity contribution in [2.24, 2.45) is 0 Å². The number of nitrogens with one attached hydrogen (secondary N) is 1. The molecule has 0 radical (unpaired) electrons. The molecule has 2 heterocycles. The number of hydrogen-bond acceptors (Lipinski definition) is 5. The molecular weight excluding hydrogens is 403 g/mol. The zero-order valence-electron chi connectivity index (χ0n) is 16.9.